The van der Waals surface area contributed by atoms with Gasteiger partial charge in [-0.05, 0) is 0 Å². The fourth-order valence-corrected chi connectivity index (χ4v) is 0. The van der Waals surface area contributed by atoms with Crippen molar-refractivity contribution in [3.63, 3.8) is 0 Å². The molecule has 0 aliphatic heterocycles. The molecule has 10 heavy (non-hydrogen) atoms. The van der Waals surface area contributed by atoms with Crippen molar-refractivity contribution < 1.29 is 36.2 Å². The molecule has 5 heteroatoms. The van der Waals surface area contributed by atoms with E-state index in [1.807, 2.05) is 0 Å². The summed E-state index contributed by atoms with van der Waals surface area (Å²) in [5.41, 5.74) is 0. The number of rotatable bonds is 0. The molecule has 1 radical (unpaired) electrons. The van der Waals surface area contributed by atoms with E-state index in [0.717, 1.165) is 0 Å². The summed E-state index contributed by atoms with van der Waals surface area (Å²) in [5, 5.41) is 0. The van der Waals surface area contributed by atoms with Crippen LogP contribution in [0.3, 0.4) is 0 Å². The largest absolute Gasteiger partial charge is 5.00 e. The smallest absolute Gasteiger partial charge is 0.545 e. The summed E-state index contributed by atoms with van der Waals surface area (Å²) in [5.74, 6) is 0. The summed E-state index contributed by atoms with van der Waals surface area (Å²) < 4.78 is 0. The predicted octanol–water partition coefficient (Wildman–Crippen LogP) is -0.649. The molecule has 0 N–H and O–H groups in total. The Balaban J connectivity index is -0.00000000500. The second-order valence-corrected chi connectivity index (χ2v) is 0. The van der Waals surface area contributed by atoms with Gasteiger partial charge in [-0.25, -0.2) is 0 Å². The Morgan fingerprint density at radius 1 is 0.500 bits per heavy atom. The zero-order valence-corrected chi connectivity index (χ0v) is 6.40. The van der Waals surface area contributed by atoms with Crippen LogP contribution in [0, 0.1) is 7.43 Å². The van der Waals surface area contributed by atoms with Crippen LogP contribution < -0.4 is 0 Å². The van der Waals surface area contributed by atoms with E-state index < -0.39 is 0 Å². The van der Waals surface area contributed by atoms with E-state index in [-0.39, 0.29) is 24.5 Å². The molecular weight excluding hydrogens is 180 g/mol. The monoisotopic (exact) mass is 187 g/mol. The summed E-state index contributed by atoms with van der Waals surface area (Å²) >= 11 is 0. The Morgan fingerprint density at radius 2 is 0.500 bits per heavy atom. The van der Waals surface area contributed by atoms with Gasteiger partial charge in [-0.1, -0.05) is 0 Å². The molecule has 0 rings (SSSR count). The SMILES string of the molecule is [CH-]=O.[CH-]=O.[CH-]=O.[CH-]=O.[CH3-].[Fe+5]. The van der Waals surface area contributed by atoms with Gasteiger partial charge in [0, 0.05) is 0 Å². The average Bonchev–Trinajstić information content (AvgIpc) is 2.03. The maximum absolute atomic E-state index is 7.75. The Hall–Kier alpha value is -0.801. The van der Waals surface area contributed by atoms with E-state index in [4.69, 9.17) is 19.2 Å². The molecule has 59 valence electrons. The molecule has 0 spiro atoms. The molecule has 0 amide bonds. The first-order valence-corrected chi connectivity index (χ1v) is 0.943. The third kappa shape index (κ3) is 432. The molecule has 0 aliphatic rings. The van der Waals surface area contributed by atoms with Gasteiger partial charge in [0.25, 0.3) is 0 Å². The van der Waals surface area contributed by atoms with Gasteiger partial charge in [-0.2, -0.15) is 0 Å². The minimum Gasteiger partial charge on any atom is -0.545 e. The summed E-state index contributed by atoms with van der Waals surface area (Å²) in [7, 11) is 0. The Kier molecular flexibility index (Phi) is 4010. The van der Waals surface area contributed by atoms with Crippen LogP contribution in [-0.2, 0) is 36.2 Å². The van der Waals surface area contributed by atoms with Crippen molar-refractivity contribution in [2.24, 2.45) is 0 Å². The topological polar surface area (TPSA) is 68.3 Å². The number of carbonyl (C=O) groups excluding carboxylic acids is 4. The fraction of sp³-hybridized carbons (Fsp3) is 0. The van der Waals surface area contributed by atoms with Gasteiger partial charge in [-0.15, -0.1) is 0 Å². The molecule has 0 atom stereocenters. The maximum atomic E-state index is 7.75. The van der Waals surface area contributed by atoms with Crippen LogP contribution in [0.4, 0.5) is 0 Å². The molecule has 0 heterocycles. The van der Waals surface area contributed by atoms with Crippen molar-refractivity contribution in [2.75, 3.05) is 0 Å². The first-order chi connectivity index (χ1) is 4.00. The normalized spacial score (nSPS) is 1.60. The van der Waals surface area contributed by atoms with E-state index in [1.54, 1.807) is 0 Å². The van der Waals surface area contributed by atoms with Gasteiger partial charge in [0.05, 0.1) is 0 Å². The zero-order chi connectivity index (χ0) is 8.00. The molecule has 0 aromatic heterocycles. The zero-order valence-electron chi connectivity index (χ0n) is 5.30. The molecule has 0 aromatic rings. The molecule has 0 unspecified atom stereocenters. The summed E-state index contributed by atoms with van der Waals surface area (Å²) in [6, 6.07) is 0. The number of hydrogen-bond acceptors (Lipinski definition) is 4. The van der Waals surface area contributed by atoms with Crippen LogP contribution in [0.5, 0.6) is 0 Å². The van der Waals surface area contributed by atoms with Crippen LogP contribution in [0.25, 0.3) is 0 Å². The van der Waals surface area contributed by atoms with Crippen LogP contribution in [0.15, 0.2) is 0 Å². The molecule has 0 bridgehead atoms. The molecule has 0 saturated carbocycles. The first-order valence-electron chi connectivity index (χ1n) is 0.943. The molecule has 0 saturated heterocycles. The van der Waals surface area contributed by atoms with Crippen molar-refractivity contribution in [1.29, 1.82) is 0 Å². The molecule has 4 nitrogen and oxygen atoms in total. The van der Waals surface area contributed by atoms with Gasteiger partial charge < -0.3 is 26.6 Å². The van der Waals surface area contributed by atoms with Crippen LogP contribution in [0.1, 0.15) is 0 Å². The Labute approximate surface area is 71.5 Å². The van der Waals surface area contributed by atoms with Gasteiger partial charge in [0.2, 0.25) is 0 Å². The van der Waals surface area contributed by atoms with Crippen LogP contribution >= 0.6 is 0 Å². The van der Waals surface area contributed by atoms with E-state index >= 15 is 0 Å². The minimum atomic E-state index is 0. The third-order valence-corrected chi connectivity index (χ3v) is 0. The Bertz CT molecular complexity index is 21.6. The van der Waals surface area contributed by atoms with Crippen molar-refractivity contribution in [3.05, 3.63) is 7.43 Å². The molecular formula is C5H7FeO4. The van der Waals surface area contributed by atoms with Crippen molar-refractivity contribution in [3.8, 4) is 0 Å². The molecule has 0 aromatic carbocycles. The standard InChI is InChI=1S/4CHO.CH3.Fe/c4*1-2;;/h4*1H;1H3;/q5*-1;+5. The quantitative estimate of drug-likeness (QED) is 0.287. The van der Waals surface area contributed by atoms with Gasteiger partial charge in [0.15, 0.2) is 0 Å². The van der Waals surface area contributed by atoms with E-state index in [0.29, 0.717) is 0 Å². The van der Waals surface area contributed by atoms with Crippen molar-refractivity contribution in [1.82, 2.24) is 0 Å². The predicted molar refractivity (Wildman–Crippen MR) is 33.4 cm³/mol. The fourth-order valence-electron chi connectivity index (χ4n) is 0. The van der Waals surface area contributed by atoms with Crippen LogP contribution in [0.2, 0.25) is 0 Å². The second kappa shape index (κ2) is 663. The van der Waals surface area contributed by atoms with E-state index in [9.17, 15) is 0 Å². The number of hydrogen-bond donors (Lipinski definition) is 0. The van der Waals surface area contributed by atoms with Crippen molar-refractivity contribution >= 4 is 27.2 Å². The second-order valence-electron chi connectivity index (χ2n) is 0. The molecule has 0 fully saturated rings. The van der Waals surface area contributed by atoms with E-state index in [2.05, 4.69) is 27.2 Å². The average molecular weight is 187 g/mol. The van der Waals surface area contributed by atoms with Crippen molar-refractivity contribution in [2.45, 2.75) is 0 Å². The molecule has 0 aliphatic carbocycles. The Morgan fingerprint density at radius 3 is 0.500 bits per heavy atom. The third-order valence-electron chi connectivity index (χ3n) is 0. The minimum absolute atomic E-state index is 0. The summed E-state index contributed by atoms with van der Waals surface area (Å²) in [6.07, 6.45) is 0. The summed E-state index contributed by atoms with van der Waals surface area (Å²) in [6.45, 7) is 13.0. The van der Waals surface area contributed by atoms with Gasteiger partial charge >= 0.3 is 17.1 Å². The van der Waals surface area contributed by atoms with Crippen LogP contribution in [-0.4, -0.2) is 27.2 Å². The van der Waals surface area contributed by atoms with Gasteiger partial charge in [-0.3, -0.25) is 27.2 Å². The first kappa shape index (κ1) is 60.4. The van der Waals surface area contributed by atoms with E-state index in [1.165, 1.54) is 0 Å². The summed E-state index contributed by atoms with van der Waals surface area (Å²) in [4.78, 5) is 31.0. The maximum Gasteiger partial charge on any atom is 5.00 e. The van der Waals surface area contributed by atoms with Gasteiger partial charge in [0.1, 0.15) is 0 Å².